The highest BCUT2D eigenvalue weighted by atomic mass is 16.2. The molecule has 2 atom stereocenters. The summed E-state index contributed by atoms with van der Waals surface area (Å²) in [6.45, 7) is 4.98. The van der Waals surface area contributed by atoms with Crippen LogP contribution in [-0.4, -0.2) is 41.9 Å². The number of amides is 2. The number of nitrogens with two attached hydrogens (primary N) is 2. The quantitative estimate of drug-likeness (QED) is 0.646. The Hall–Kier alpha value is -3.14. The van der Waals surface area contributed by atoms with Gasteiger partial charge in [0.25, 0.3) is 5.91 Å². The van der Waals surface area contributed by atoms with Gasteiger partial charge in [0.15, 0.2) is 0 Å². The third kappa shape index (κ3) is 5.67. The lowest BCUT2D eigenvalue weighted by Crippen LogP contribution is -2.53. The van der Waals surface area contributed by atoms with Crippen molar-refractivity contribution in [2.24, 2.45) is 11.5 Å². The average Bonchev–Trinajstić information content (AvgIpc) is 2.68. The Morgan fingerprint density at radius 2 is 1.59 bits per heavy atom. The van der Waals surface area contributed by atoms with E-state index < -0.39 is 23.9 Å². The highest BCUT2D eigenvalue weighted by Crippen LogP contribution is 2.13. The molecule has 1 aliphatic heterocycles. The molecule has 0 aromatic heterocycles. The van der Waals surface area contributed by atoms with Crippen molar-refractivity contribution < 1.29 is 9.59 Å². The Morgan fingerprint density at radius 1 is 1.03 bits per heavy atom. The maximum Gasteiger partial charge on any atom is 0.251 e. The zero-order valence-corrected chi connectivity index (χ0v) is 16.5. The minimum atomic E-state index is -0.911. The lowest BCUT2D eigenvalue weighted by molar-refractivity contribution is -0.120. The molecule has 2 aromatic carbocycles. The number of nitrogens with zero attached hydrogens (tertiary/aromatic N) is 1. The number of hydrogen-bond acceptors (Lipinski definition) is 4. The first-order valence-corrected chi connectivity index (χ1v) is 9.71. The van der Waals surface area contributed by atoms with Gasteiger partial charge in [-0.15, -0.1) is 0 Å². The molecule has 1 heterocycles. The second kappa shape index (κ2) is 9.37. The number of hydrogen-bond donors (Lipinski definition) is 3. The van der Waals surface area contributed by atoms with Crippen LogP contribution in [0.4, 0.5) is 0 Å². The smallest absolute Gasteiger partial charge is 0.251 e. The van der Waals surface area contributed by atoms with Crippen molar-refractivity contribution in [3.63, 3.8) is 0 Å². The van der Waals surface area contributed by atoms with E-state index in [9.17, 15) is 9.59 Å². The van der Waals surface area contributed by atoms with Crippen LogP contribution in [0.5, 0.6) is 0 Å². The Morgan fingerprint density at radius 3 is 2.03 bits per heavy atom. The van der Waals surface area contributed by atoms with Crippen molar-refractivity contribution in [2.75, 3.05) is 13.1 Å². The molecule has 0 aliphatic carbocycles. The lowest BCUT2D eigenvalue weighted by atomic mass is 10.1. The molecule has 0 bridgehead atoms. The molecule has 6 nitrogen and oxygen atoms in total. The first-order chi connectivity index (χ1) is 13.9. The summed E-state index contributed by atoms with van der Waals surface area (Å²) >= 11 is 0. The fraction of sp³-hybridized carbons (Fsp3) is 0.304. The summed E-state index contributed by atoms with van der Waals surface area (Å²) in [7, 11) is 0. The highest BCUT2D eigenvalue weighted by Gasteiger charge is 2.22. The van der Waals surface area contributed by atoms with E-state index >= 15 is 0 Å². The molecule has 6 heteroatoms. The molecule has 2 unspecified atom stereocenters. The number of carbonyl (C=O) groups is 2. The van der Waals surface area contributed by atoms with Gasteiger partial charge >= 0.3 is 0 Å². The number of primary amides is 1. The zero-order valence-electron chi connectivity index (χ0n) is 16.5. The zero-order chi connectivity index (χ0) is 20.8. The van der Waals surface area contributed by atoms with Gasteiger partial charge in [0, 0.05) is 29.3 Å². The summed E-state index contributed by atoms with van der Waals surface area (Å²) in [6.07, 6.45) is 1.29. The van der Waals surface area contributed by atoms with Gasteiger partial charge in [0.1, 0.15) is 6.04 Å². The molecule has 0 spiro atoms. The van der Waals surface area contributed by atoms with Gasteiger partial charge in [-0.2, -0.15) is 0 Å². The van der Waals surface area contributed by atoms with Gasteiger partial charge in [-0.25, -0.2) is 0 Å². The Balaban J connectivity index is 1.60. The van der Waals surface area contributed by atoms with Gasteiger partial charge in [-0.05, 0) is 68.4 Å². The fourth-order valence-electron chi connectivity index (χ4n) is 3.03. The van der Waals surface area contributed by atoms with Crippen LogP contribution in [0.1, 0.15) is 40.4 Å². The van der Waals surface area contributed by atoms with Crippen LogP contribution in [0, 0.1) is 11.8 Å². The van der Waals surface area contributed by atoms with E-state index in [1.165, 1.54) is 25.1 Å². The molecule has 0 saturated carbocycles. The van der Waals surface area contributed by atoms with E-state index in [1.54, 1.807) is 31.2 Å². The van der Waals surface area contributed by atoms with Gasteiger partial charge in [-0.1, -0.05) is 24.0 Å². The topological polar surface area (TPSA) is 101 Å². The molecule has 0 radical (unpaired) electrons. The molecule has 29 heavy (non-hydrogen) atoms. The summed E-state index contributed by atoms with van der Waals surface area (Å²) in [4.78, 5) is 26.1. The van der Waals surface area contributed by atoms with Crippen molar-refractivity contribution in [3.05, 3.63) is 70.8 Å². The lowest BCUT2D eigenvalue weighted by Gasteiger charge is -2.30. The van der Waals surface area contributed by atoms with Crippen LogP contribution in [-0.2, 0) is 11.3 Å². The average molecular weight is 390 g/mol. The largest absolute Gasteiger partial charge is 0.368 e. The highest BCUT2D eigenvalue weighted by molar-refractivity contribution is 5.97. The number of rotatable bonds is 6. The number of nitrogens with one attached hydrogen (secondary N) is 1. The van der Waals surface area contributed by atoms with Crippen molar-refractivity contribution in [2.45, 2.75) is 32.0 Å². The standard InChI is InChI=1S/C23H26N4O2/c1-16(24)21(22(25)28)26-23(29)20-11-9-18(10-12-20)4-3-17-5-7-19(8-6-17)15-27-13-2-14-27/h5-12,16,21H,2,13-15,24H2,1H3,(H2,25,28)(H,26,29). The number of benzene rings is 2. The molecular weight excluding hydrogens is 364 g/mol. The minimum Gasteiger partial charge on any atom is -0.368 e. The van der Waals surface area contributed by atoms with Gasteiger partial charge < -0.3 is 16.8 Å². The first-order valence-electron chi connectivity index (χ1n) is 9.71. The third-order valence-corrected chi connectivity index (χ3v) is 4.93. The normalized spacial score (nSPS) is 15.4. The van der Waals surface area contributed by atoms with Gasteiger partial charge in [0.2, 0.25) is 5.91 Å². The monoisotopic (exact) mass is 390 g/mol. The second-order valence-corrected chi connectivity index (χ2v) is 7.37. The number of carbonyl (C=O) groups excluding carboxylic acids is 2. The molecule has 1 fully saturated rings. The van der Waals surface area contributed by atoms with Crippen molar-refractivity contribution >= 4 is 11.8 Å². The van der Waals surface area contributed by atoms with Crippen LogP contribution >= 0.6 is 0 Å². The first kappa shape index (κ1) is 20.6. The third-order valence-electron chi connectivity index (χ3n) is 4.93. The van der Waals surface area contributed by atoms with E-state index in [4.69, 9.17) is 11.5 Å². The summed E-state index contributed by atoms with van der Waals surface area (Å²) in [6, 6.07) is 13.7. The number of likely N-dealkylation sites (tertiary alicyclic amines) is 1. The molecule has 3 rings (SSSR count). The van der Waals surface area contributed by atoms with E-state index in [2.05, 4.69) is 34.2 Å². The SMILES string of the molecule is CC(N)C(NC(=O)c1ccc(C#Cc2ccc(CN3CCC3)cc2)cc1)C(N)=O. The van der Waals surface area contributed by atoms with E-state index in [0.29, 0.717) is 5.56 Å². The summed E-state index contributed by atoms with van der Waals surface area (Å²) in [5, 5.41) is 2.56. The fourth-order valence-corrected chi connectivity index (χ4v) is 3.03. The van der Waals surface area contributed by atoms with Crippen molar-refractivity contribution in [1.29, 1.82) is 0 Å². The maximum atomic E-state index is 12.3. The van der Waals surface area contributed by atoms with Crippen LogP contribution < -0.4 is 16.8 Å². The Bertz CT molecular complexity index is 920. The predicted octanol–water partition coefficient (Wildman–Crippen LogP) is 1.22. The molecule has 1 aliphatic rings. The summed E-state index contributed by atoms with van der Waals surface area (Å²) in [5.74, 6) is 5.18. The van der Waals surface area contributed by atoms with E-state index in [1.807, 2.05) is 12.1 Å². The molecule has 5 N–H and O–H groups in total. The Kier molecular flexibility index (Phi) is 6.65. The maximum absolute atomic E-state index is 12.3. The van der Waals surface area contributed by atoms with Crippen molar-refractivity contribution in [3.8, 4) is 11.8 Å². The van der Waals surface area contributed by atoms with Crippen LogP contribution in [0.3, 0.4) is 0 Å². The molecule has 2 amide bonds. The van der Waals surface area contributed by atoms with E-state index in [-0.39, 0.29) is 0 Å². The summed E-state index contributed by atoms with van der Waals surface area (Å²) < 4.78 is 0. The Labute approximate surface area is 171 Å². The second-order valence-electron chi connectivity index (χ2n) is 7.37. The van der Waals surface area contributed by atoms with Crippen LogP contribution in [0.15, 0.2) is 48.5 Å². The minimum absolute atomic E-state index is 0.400. The van der Waals surface area contributed by atoms with Crippen molar-refractivity contribution in [1.82, 2.24) is 10.2 Å². The molecular formula is C23H26N4O2. The molecule has 1 saturated heterocycles. The molecule has 2 aromatic rings. The molecule has 150 valence electrons. The van der Waals surface area contributed by atoms with Gasteiger partial charge in [-0.3, -0.25) is 14.5 Å². The van der Waals surface area contributed by atoms with Crippen LogP contribution in [0.2, 0.25) is 0 Å². The summed E-state index contributed by atoms with van der Waals surface area (Å²) in [5.41, 5.74) is 14.4. The predicted molar refractivity (Wildman–Crippen MR) is 113 cm³/mol. The van der Waals surface area contributed by atoms with Gasteiger partial charge in [0.05, 0.1) is 0 Å². The van der Waals surface area contributed by atoms with E-state index in [0.717, 1.165) is 17.7 Å². The van der Waals surface area contributed by atoms with Crippen LogP contribution in [0.25, 0.3) is 0 Å².